The average Bonchev–Trinajstić information content (AvgIpc) is 3.01. The van der Waals surface area contributed by atoms with Crippen LogP contribution < -0.4 is 0 Å². The summed E-state index contributed by atoms with van der Waals surface area (Å²) in [4.78, 5) is 24.4. The van der Waals surface area contributed by atoms with Crippen LogP contribution in [0.1, 0.15) is 78.6 Å². The van der Waals surface area contributed by atoms with E-state index >= 15 is 0 Å². The first-order valence-electron chi connectivity index (χ1n) is 11.7. The van der Waals surface area contributed by atoms with E-state index in [0.29, 0.717) is 25.0 Å². The highest BCUT2D eigenvalue weighted by Gasteiger charge is 2.65. The maximum Gasteiger partial charge on any atom is 0.303 e. The van der Waals surface area contributed by atoms with Gasteiger partial charge in [-0.3, -0.25) is 9.59 Å². The van der Waals surface area contributed by atoms with Gasteiger partial charge in [0.1, 0.15) is 5.78 Å². The van der Waals surface area contributed by atoms with E-state index in [1.165, 1.54) is 0 Å². The first-order chi connectivity index (χ1) is 13.6. The summed E-state index contributed by atoms with van der Waals surface area (Å²) in [7, 11) is 0. The minimum atomic E-state index is -0.762. The first-order valence-corrected chi connectivity index (χ1v) is 11.7. The second-order valence-corrected chi connectivity index (χ2v) is 11.3. The van der Waals surface area contributed by atoms with E-state index in [1.54, 1.807) is 0 Å². The fraction of sp³-hybridized carbons (Fsp3) is 0.917. The van der Waals surface area contributed by atoms with Gasteiger partial charge in [-0.05, 0) is 80.0 Å². The molecule has 3 N–H and O–H groups in total. The lowest BCUT2D eigenvalue weighted by molar-refractivity contribution is -0.182. The lowest BCUT2D eigenvalue weighted by atomic mass is 9.43. The molecule has 0 saturated heterocycles. The molecule has 0 spiro atoms. The van der Waals surface area contributed by atoms with E-state index in [-0.39, 0.29) is 58.9 Å². The molecule has 5 heteroatoms. The van der Waals surface area contributed by atoms with Crippen LogP contribution in [0.15, 0.2) is 0 Å². The first kappa shape index (κ1) is 21.3. The summed E-state index contributed by atoms with van der Waals surface area (Å²) < 4.78 is 0. The number of hydrogen-bond donors (Lipinski definition) is 3. The van der Waals surface area contributed by atoms with Gasteiger partial charge in [0, 0.05) is 24.2 Å². The minimum Gasteiger partial charge on any atom is -0.481 e. The highest BCUT2D eigenvalue weighted by atomic mass is 16.4. The molecule has 5 nitrogen and oxygen atoms in total. The number of carbonyl (C=O) groups excluding carboxylic acids is 1. The molecule has 0 aromatic carbocycles. The standard InChI is InChI=1S/C24H38O5/c1-13(4-7-21(28)29)16-5-6-17-22-18(12-20(27)24(16,17)3)23(2)9-8-15(25)10-14(23)11-19(22)26/h13-18,20,22,25,27H,4-12H2,1-3H3,(H,28,29)/t13-,14+,15-,16-,17+,18+,20?,22+,23+,24-/m1/s1. The van der Waals surface area contributed by atoms with Crippen LogP contribution in [-0.2, 0) is 9.59 Å². The fourth-order valence-corrected chi connectivity index (χ4v) is 8.40. The molecule has 0 radical (unpaired) electrons. The van der Waals surface area contributed by atoms with Crippen LogP contribution in [0.25, 0.3) is 0 Å². The van der Waals surface area contributed by atoms with Gasteiger partial charge in [-0.1, -0.05) is 20.8 Å². The molecule has 4 rings (SSSR count). The van der Waals surface area contributed by atoms with Gasteiger partial charge < -0.3 is 15.3 Å². The Bertz CT molecular complexity index is 676. The van der Waals surface area contributed by atoms with Gasteiger partial charge in [-0.2, -0.15) is 0 Å². The number of carbonyl (C=O) groups is 2. The predicted molar refractivity (Wildman–Crippen MR) is 109 cm³/mol. The number of aliphatic hydroxyl groups excluding tert-OH is 2. The summed E-state index contributed by atoms with van der Waals surface area (Å²) in [6, 6.07) is 0. The molecule has 0 amide bonds. The van der Waals surface area contributed by atoms with E-state index < -0.39 is 12.1 Å². The molecule has 0 bridgehead atoms. The third-order valence-electron chi connectivity index (χ3n) is 10.1. The summed E-state index contributed by atoms with van der Waals surface area (Å²) in [6.45, 7) is 6.62. The largest absolute Gasteiger partial charge is 0.481 e. The summed E-state index contributed by atoms with van der Waals surface area (Å²) >= 11 is 0. The van der Waals surface area contributed by atoms with Gasteiger partial charge in [0.2, 0.25) is 0 Å². The number of Topliss-reactive ketones (excluding diaryl/α,β-unsaturated/α-hetero) is 1. The van der Waals surface area contributed by atoms with Crippen LogP contribution >= 0.6 is 0 Å². The summed E-state index contributed by atoms with van der Waals surface area (Å²) in [5, 5.41) is 30.7. The summed E-state index contributed by atoms with van der Waals surface area (Å²) in [6.07, 6.45) is 5.74. The zero-order valence-corrected chi connectivity index (χ0v) is 18.1. The molecule has 164 valence electrons. The second-order valence-electron chi connectivity index (χ2n) is 11.3. The van der Waals surface area contributed by atoms with Crippen molar-refractivity contribution < 1.29 is 24.9 Å². The zero-order valence-electron chi connectivity index (χ0n) is 18.1. The van der Waals surface area contributed by atoms with Crippen molar-refractivity contribution >= 4 is 11.8 Å². The highest BCUT2D eigenvalue weighted by Crippen LogP contribution is 2.67. The molecule has 0 aromatic rings. The van der Waals surface area contributed by atoms with Crippen LogP contribution in [0.4, 0.5) is 0 Å². The molecular formula is C24H38O5. The molecule has 4 saturated carbocycles. The van der Waals surface area contributed by atoms with Crippen molar-refractivity contribution in [1.29, 1.82) is 0 Å². The van der Waals surface area contributed by atoms with E-state index in [9.17, 15) is 19.8 Å². The number of fused-ring (bicyclic) bond motifs is 5. The number of rotatable bonds is 4. The number of aliphatic hydroxyl groups is 2. The maximum absolute atomic E-state index is 13.4. The topological polar surface area (TPSA) is 94.8 Å². The molecule has 0 aliphatic heterocycles. The summed E-state index contributed by atoms with van der Waals surface area (Å²) in [5.41, 5.74) is -0.265. The van der Waals surface area contributed by atoms with Crippen LogP contribution in [-0.4, -0.2) is 39.3 Å². The predicted octanol–water partition coefficient (Wildman–Crippen LogP) is 3.66. The molecule has 1 unspecified atom stereocenters. The normalized spacial score (nSPS) is 50.4. The van der Waals surface area contributed by atoms with Gasteiger partial charge in [-0.15, -0.1) is 0 Å². The van der Waals surface area contributed by atoms with Crippen LogP contribution in [0.2, 0.25) is 0 Å². The van der Waals surface area contributed by atoms with E-state index in [2.05, 4.69) is 20.8 Å². The minimum absolute atomic E-state index is 0.0246. The Labute approximate surface area is 174 Å². The molecule has 0 aromatic heterocycles. The Morgan fingerprint density at radius 3 is 2.55 bits per heavy atom. The van der Waals surface area contributed by atoms with Crippen molar-refractivity contribution in [3.8, 4) is 0 Å². The van der Waals surface area contributed by atoms with E-state index in [0.717, 1.165) is 32.1 Å². The van der Waals surface area contributed by atoms with Crippen molar-refractivity contribution in [2.24, 2.45) is 46.3 Å². The van der Waals surface area contributed by atoms with Gasteiger partial charge in [0.05, 0.1) is 12.2 Å². The third kappa shape index (κ3) is 3.18. The Morgan fingerprint density at radius 1 is 1.14 bits per heavy atom. The molecule has 4 aliphatic rings. The van der Waals surface area contributed by atoms with Gasteiger partial charge >= 0.3 is 5.97 Å². The van der Waals surface area contributed by atoms with Crippen LogP contribution in [0.5, 0.6) is 0 Å². The number of ketones is 1. The molecule has 10 atom stereocenters. The Kier molecular flexibility index (Phi) is 5.39. The molecule has 4 aliphatic carbocycles. The average molecular weight is 407 g/mol. The number of carboxylic acids is 1. The number of hydrogen-bond acceptors (Lipinski definition) is 4. The van der Waals surface area contributed by atoms with Gasteiger partial charge in [0.15, 0.2) is 0 Å². The lowest BCUT2D eigenvalue weighted by Gasteiger charge is -2.61. The number of carboxylic acid groups (broad SMARTS) is 1. The van der Waals surface area contributed by atoms with Crippen molar-refractivity contribution in [2.45, 2.75) is 90.8 Å². The van der Waals surface area contributed by atoms with Crippen molar-refractivity contribution in [2.75, 3.05) is 0 Å². The quantitative estimate of drug-likeness (QED) is 0.662. The highest BCUT2D eigenvalue weighted by molar-refractivity contribution is 5.83. The Balaban J connectivity index is 1.62. The van der Waals surface area contributed by atoms with Crippen LogP contribution in [0.3, 0.4) is 0 Å². The molecule has 4 fully saturated rings. The molecule has 0 heterocycles. The Morgan fingerprint density at radius 2 is 1.86 bits per heavy atom. The molecule has 29 heavy (non-hydrogen) atoms. The van der Waals surface area contributed by atoms with Crippen molar-refractivity contribution in [3.05, 3.63) is 0 Å². The van der Waals surface area contributed by atoms with E-state index in [1.807, 2.05) is 0 Å². The zero-order chi connectivity index (χ0) is 21.1. The fourth-order valence-electron chi connectivity index (χ4n) is 8.40. The Hall–Kier alpha value is -0.940. The lowest BCUT2D eigenvalue weighted by Crippen LogP contribution is -2.61. The third-order valence-corrected chi connectivity index (χ3v) is 10.1. The number of aliphatic carboxylic acids is 1. The van der Waals surface area contributed by atoms with Crippen LogP contribution in [0, 0.1) is 46.3 Å². The monoisotopic (exact) mass is 406 g/mol. The van der Waals surface area contributed by atoms with Gasteiger partial charge in [0.25, 0.3) is 0 Å². The van der Waals surface area contributed by atoms with E-state index in [4.69, 9.17) is 5.11 Å². The SMILES string of the molecule is C[C@H](CCC(=O)O)[C@H]1CC[C@H]2[C@@H]3C(=O)C[C@@H]4C[C@H](O)CC[C@]4(C)[C@H]3CC(O)[C@]12C. The maximum atomic E-state index is 13.4. The smallest absolute Gasteiger partial charge is 0.303 e. The van der Waals surface area contributed by atoms with Crippen molar-refractivity contribution in [1.82, 2.24) is 0 Å². The molecular weight excluding hydrogens is 368 g/mol. The summed E-state index contributed by atoms with van der Waals surface area (Å²) in [5.74, 6) is 0.775. The second kappa shape index (κ2) is 7.33. The van der Waals surface area contributed by atoms with Gasteiger partial charge in [-0.25, -0.2) is 0 Å². The van der Waals surface area contributed by atoms with Crippen molar-refractivity contribution in [3.63, 3.8) is 0 Å².